The van der Waals surface area contributed by atoms with Crippen molar-refractivity contribution in [2.45, 2.75) is 19.9 Å². The molecule has 10 nitrogen and oxygen atoms in total. The fourth-order valence-corrected chi connectivity index (χ4v) is 4.17. The van der Waals surface area contributed by atoms with Crippen LogP contribution in [0.15, 0.2) is 12.3 Å². The lowest BCUT2D eigenvalue weighted by Gasteiger charge is -2.34. The Hall–Kier alpha value is -2.11. The van der Waals surface area contributed by atoms with Gasteiger partial charge in [0.05, 0.1) is 5.56 Å². The Morgan fingerprint density at radius 1 is 1.24 bits per heavy atom. The number of carbonyl (C=O) groups excluding carboxylic acids is 1. The third-order valence-electron chi connectivity index (χ3n) is 3.97. The number of aryl methyl sites for hydroxylation is 1. The van der Waals surface area contributed by atoms with E-state index in [9.17, 15) is 13.2 Å². The van der Waals surface area contributed by atoms with Crippen LogP contribution in [-0.2, 0) is 17.3 Å². The molecule has 0 spiro atoms. The van der Waals surface area contributed by atoms with Crippen molar-refractivity contribution in [3.8, 4) is 0 Å². The van der Waals surface area contributed by atoms with Crippen LogP contribution in [0.3, 0.4) is 0 Å². The van der Waals surface area contributed by atoms with Gasteiger partial charge >= 0.3 is 0 Å². The second kappa shape index (κ2) is 6.65. The number of nitrogens with one attached hydrogen (secondary N) is 1. The second-order valence-corrected chi connectivity index (χ2v) is 7.91. The van der Waals surface area contributed by atoms with Crippen LogP contribution >= 0.6 is 0 Å². The fourth-order valence-electron chi connectivity index (χ4n) is 2.78. The Kier molecular flexibility index (Phi) is 4.71. The largest absolute Gasteiger partial charge is 0.336 e. The zero-order chi connectivity index (χ0) is 18.2. The first-order valence-electron chi connectivity index (χ1n) is 8.00. The second-order valence-electron chi connectivity index (χ2n) is 6.21. The van der Waals surface area contributed by atoms with Crippen LogP contribution in [0, 0.1) is 0 Å². The van der Waals surface area contributed by atoms with Gasteiger partial charge in [0.25, 0.3) is 16.1 Å². The van der Waals surface area contributed by atoms with Gasteiger partial charge in [0.2, 0.25) is 0 Å². The van der Waals surface area contributed by atoms with Crippen molar-refractivity contribution < 1.29 is 13.2 Å². The lowest BCUT2D eigenvalue weighted by molar-refractivity contribution is 0.0698. The van der Waals surface area contributed by atoms with E-state index in [0.29, 0.717) is 29.8 Å². The summed E-state index contributed by atoms with van der Waals surface area (Å²) in [6.45, 7) is 4.69. The molecule has 1 N–H and O–H groups in total. The molecule has 1 aliphatic heterocycles. The van der Waals surface area contributed by atoms with E-state index < -0.39 is 10.2 Å². The summed E-state index contributed by atoms with van der Waals surface area (Å²) in [6.07, 6.45) is 1.55. The van der Waals surface area contributed by atoms with Crippen molar-refractivity contribution in [2.24, 2.45) is 7.05 Å². The molecule has 0 saturated carbocycles. The number of pyridine rings is 1. The van der Waals surface area contributed by atoms with Gasteiger partial charge in [-0.3, -0.25) is 4.79 Å². The highest BCUT2D eigenvalue weighted by Crippen LogP contribution is 2.17. The first-order valence-corrected chi connectivity index (χ1v) is 9.44. The topological polar surface area (TPSA) is 113 Å². The van der Waals surface area contributed by atoms with Gasteiger partial charge < -0.3 is 4.90 Å². The zero-order valence-electron chi connectivity index (χ0n) is 14.4. The summed E-state index contributed by atoms with van der Waals surface area (Å²) in [5.74, 6) is -0.193. The van der Waals surface area contributed by atoms with E-state index in [4.69, 9.17) is 0 Å². The summed E-state index contributed by atoms with van der Waals surface area (Å²) in [5, 5.41) is 7.90. The summed E-state index contributed by atoms with van der Waals surface area (Å²) in [5.41, 5.74) is 1.41. The maximum Gasteiger partial charge on any atom is 0.279 e. The van der Waals surface area contributed by atoms with Crippen LogP contribution in [0.2, 0.25) is 0 Å². The highest BCUT2D eigenvalue weighted by atomic mass is 32.2. The van der Waals surface area contributed by atoms with Crippen molar-refractivity contribution in [3.05, 3.63) is 17.8 Å². The summed E-state index contributed by atoms with van der Waals surface area (Å²) in [6, 6.07) is 1.44. The van der Waals surface area contributed by atoms with Crippen LogP contribution in [0.25, 0.3) is 11.2 Å². The fraction of sp³-hybridized carbons (Fsp3) is 0.571. The van der Waals surface area contributed by atoms with E-state index in [0.717, 1.165) is 0 Å². The maximum atomic E-state index is 12.8. The minimum absolute atomic E-state index is 0.175. The number of fused-ring (bicyclic) bond motifs is 1. The van der Waals surface area contributed by atoms with Gasteiger partial charge in [0.1, 0.15) is 5.52 Å². The summed E-state index contributed by atoms with van der Waals surface area (Å²) < 4.78 is 29.8. The number of hydrogen-bond acceptors (Lipinski definition) is 6. The van der Waals surface area contributed by atoms with Crippen molar-refractivity contribution in [2.75, 3.05) is 26.2 Å². The smallest absolute Gasteiger partial charge is 0.279 e. The van der Waals surface area contributed by atoms with Crippen molar-refractivity contribution in [1.82, 2.24) is 33.9 Å². The van der Waals surface area contributed by atoms with E-state index in [2.05, 4.69) is 20.0 Å². The first kappa shape index (κ1) is 17.7. The Morgan fingerprint density at radius 2 is 1.92 bits per heavy atom. The summed E-state index contributed by atoms with van der Waals surface area (Å²) in [7, 11) is -1.81. The van der Waals surface area contributed by atoms with Crippen LogP contribution in [-0.4, -0.2) is 75.7 Å². The number of rotatable bonds is 4. The minimum atomic E-state index is -3.52. The molecule has 0 aromatic carbocycles. The molecule has 1 amide bonds. The molecule has 3 heterocycles. The zero-order valence-corrected chi connectivity index (χ0v) is 15.2. The molecule has 1 aliphatic rings. The number of aromatic nitrogens is 4. The van der Waals surface area contributed by atoms with Crippen LogP contribution in [0.5, 0.6) is 0 Å². The van der Waals surface area contributed by atoms with E-state index in [-0.39, 0.29) is 25.0 Å². The molecule has 1 fully saturated rings. The van der Waals surface area contributed by atoms with E-state index >= 15 is 0 Å². The van der Waals surface area contributed by atoms with Gasteiger partial charge in [-0.25, -0.2) is 9.67 Å². The predicted molar refractivity (Wildman–Crippen MR) is 91.0 cm³/mol. The molecule has 0 radical (unpaired) electrons. The van der Waals surface area contributed by atoms with Gasteiger partial charge in [0, 0.05) is 45.5 Å². The Bertz CT molecular complexity index is 885. The molecule has 0 unspecified atom stereocenters. The van der Waals surface area contributed by atoms with Gasteiger partial charge in [-0.1, -0.05) is 5.21 Å². The molecular weight excluding hydrogens is 346 g/mol. The van der Waals surface area contributed by atoms with Crippen LogP contribution in [0.4, 0.5) is 0 Å². The third-order valence-corrected chi connectivity index (χ3v) is 5.79. The normalized spacial score (nSPS) is 16.7. The molecule has 2 aromatic heterocycles. The van der Waals surface area contributed by atoms with Crippen LogP contribution in [0.1, 0.15) is 24.2 Å². The van der Waals surface area contributed by atoms with E-state index in [1.807, 2.05) is 0 Å². The average molecular weight is 367 g/mol. The first-order chi connectivity index (χ1) is 11.8. The highest BCUT2D eigenvalue weighted by Gasteiger charge is 2.30. The Labute approximate surface area is 146 Å². The van der Waals surface area contributed by atoms with Gasteiger partial charge in [-0.05, 0) is 19.9 Å². The number of carbonyl (C=O) groups is 1. The monoisotopic (exact) mass is 367 g/mol. The Balaban J connectivity index is 1.73. The summed E-state index contributed by atoms with van der Waals surface area (Å²) >= 11 is 0. The van der Waals surface area contributed by atoms with Crippen molar-refractivity contribution >= 4 is 27.3 Å². The van der Waals surface area contributed by atoms with Crippen LogP contribution < -0.4 is 4.72 Å². The molecule has 25 heavy (non-hydrogen) atoms. The lowest BCUT2D eigenvalue weighted by atomic mass is 10.2. The summed E-state index contributed by atoms with van der Waals surface area (Å²) in [4.78, 5) is 18.6. The van der Waals surface area contributed by atoms with E-state index in [1.54, 1.807) is 38.1 Å². The molecular formula is C14H21N7O3S. The lowest BCUT2D eigenvalue weighted by Crippen LogP contribution is -2.54. The van der Waals surface area contributed by atoms with E-state index in [1.165, 1.54) is 8.99 Å². The SMILES string of the molecule is CC(C)NS(=O)(=O)N1CCN(C(=O)c2ccnc3c2nnn3C)CC1. The number of hydrogen-bond donors (Lipinski definition) is 1. The number of nitrogens with zero attached hydrogens (tertiary/aromatic N) is 6. The molecule has 1 saturated heterocycles. The molecule has 3 rings (SSSR count). The maximum absolute atomic E-state index is 12.8. The molecule has 0 aliphatic carbocycles. The molecule has 0 bridgehead atoms. The quantitative estimate of drug-likeness (QED) is 0.769. The Morgan fingerprint density at radius 3 is 2.56 bits per heavy atom. The molecule has 2 aromatic rings. The third kappa shape index (κ3) is 3.48. The van der Waals surface area contributed by atoms with Gasteiger partial charge in [0.15, 0.2) is 5.65 Å². The minimum Gasteiger partial charge on any atom is -0.336 e. The molecule has 136 valence electrons. The molecule has 0 atom stereocenters. The number of piperazine rings is 1. The average Bonchev–Trinajstić information content (AvgIpc) is 2.95. The molecule has 11 heteroatoms. The highest BCUT2D eigenvalue weighted by molar-refractivity contribution is 7.87. The number of amides is 1. The van der Waals surface area contributed by atoms with Crippen molar-refractivity contribution in [3.63, 3.8) is 0 Å². The van der Waals surface area contributed by atoms with Gasteiger partial charge in [-0.2, -0.15) is 17.4 Å². The van der Waals surface area contributed by atoms with Crippen molar-refractivity contribution in [1.29, 1.82) is 0 Å². The standard InChI is InChI=1S/C14H21N7O3S/c1-10(2)17-25(23,24)21-8-6-20(7-9-21)14(22)11-4-5-15-13-12(11)16-18-19(13)3/h4-5,10,17H,6-9H2,1-3H3. The predicted octanol–water partition coefficient (Wildman–Crippen LogP) is -0.636. The van der Waals surface area contributed by atoms with Gasteiger partial charge in [-0.15, -0.1) is 5.10 Å².